The molecule has 0 saturated carbocycles. The molecule has 6 heteroatoms. The van der Waals surface area contributed by atoms with Crippen LogP contribution in [0.15, 0.2) is 29.2 Å². The molecule has 122 valence electrons. The number of hydrogen-bond acceptors (Lipinski definition) is 4. The molecule has 22 heavy (non-hydrogen) atoms. The van der Waals surface area contributed by atoms with E-state index in [1.165, 1.54) is 11.8 Å². The van der Waals surface area contributed by atoms with Crippen LogP contribution in [0.25, 0.3) is 0 Å². The Morgan fingerprint density at radius 1 is 1.27 bits per heavy atom. The fourth-order valence-corrected chi connectivity index (χ4v) is 2.74. The Bertz CT molecular complexity index is 503. The number of thioether (sulfide) groups is 1. The van der Waals surface area contributed by atoms with E-state index in [0.717, 1.165) is 10.6 Å². The molecule has 2 N–H and O–H groups in total. The van der Waals surface area contributed by atoms with Gasteiger partial charge in [0.2, 0.25) is 5.91 Å². The topological polar surface area (TPSA) is 75.6 Å². The van der Waals surface area contributed by atoms with E-state index in [1.54, 1.807) is 14.0 Å². The van der Waals surface area contributed by atoms with Gasteiger partial charge in [-0.1, -0.05) is 20.3 Å². The third-order valence-electron chi connectivity index (χ3n) is 3.52. The second-order valence-corrected chi connectivity index (χ2v) is 6.56. The van der Waals surface area contributed by atoms with Gasteiger partial charge in [-0.15, -0.1) is 11.8 Å². The van der Waals surface area contributed by atoms with Gasteiger partial charge in [-0.05, 0) is 37.1 Å². The quantitative estimate of drug-likeness (QED) is 0.719. The highest BCUT2D eigenvalue weighted by molar-refractivity contribution is 8.00. The first-order valence-corrected chi connectivity index (χ1v) is 8.10. The van der Waals surface area contributed by atoms with E-state index in [9.17, 15) is 14.7 Å². The van der Waals surface area contributed by atoms with Gasteiger partial charge in [0.15, 0.2) is 0 Å². The first kappa shape index (κ1) is 18.4. The highest BCUT2D eigenvalue weighted by Gasteiger charge is 2.27. The van der Waals surface area contributed by atoms with Gasteiger partial charge in [-0.3, -0.25) is 4.79 Å². The molecule has 0 heterocycles. The summed E-state index contributed by atoms with van der Waals surface area (Å²) >= 11 is 1.38. The molecule has 0 fully saturated rings. The first-order chi connectivity index (χ1) is 10.4. The van der Waals surface area contributed by atoms with Crippen LogP contribution >= 0.6 is 11.8 Å². The molecule has 0 aliphatic rings. The first-order valence-electron chi connectivity index (χ1n) is 7.22. The number of methoxy groups -OCH3 is 1. The normalized spacial score (nSPS) is 14.7. The maximum Gasteiger partial charge on any atom is 0.326 e. The zero-order chi connectivity index (χ0) is 16.7. The van der Waals surface area contributed by atoms with E-state index >= 15 is 0 Å². The standard InChI is InChI=1S/C16H23NO4S/c1-5-10(2)14(16(19)20)17-15(18)11(3)22-13-8-6-12(21-4)7-9-13/h6-11,14H,5H2,1-4H3,(H,17,18)(H,19,20). The molecule has 0 saturated heterocycles. The molecular weight excluding hydrogens is 302 g/mol. The summed E-state index contributed by atoms with van der Waals surface area (Å²) in [7, 11) is 1.60. The summed E-state index contributed by atoms with van der Waals surface area (Å²) in [5, 5.41) is 11.5. The Kier molecular flexibility index (Phi) is 7.24. The van der Waals surface area contributed by atoms with Crippen LogP contribution in [0.4, 0.5) is 0 Å². The van der Waals surface area contributed by atoms with Gasteiger partial charge in [0, 0.05) is 4.90 Å². The molecule has 0 spiro atoms. The minimum atomic E-state index is -0.996. The lowest BCUT2D eigenvalue weighted by Gasteiger charge is -2.22. The summed E-state index contributed by atoms with van der Waals surface area (Å²) in [4.78, 5) is 24.4. The Morgan fingerprint density at radius 3 is 2.32 bits per heavy atom. The van der Waals surface area contributed by atoms with Crippen LogP contribution in [0.1, 0.15) is 27.2 Å². The van der Waals surface area contributed by atoms with Crippen LogP contribution < -0.4 is 10.1 Å². The summed E-state index contributed by atoms with van der Waals surface area (Å²) in [6.45, 7) is 5.49. The lowest BCUT2D eigenvalue weighted by Crippen LogP contribution is -2.47. The number of rotatable bonds is 8. The molecule has 1 rings (SSSR count). The zero-order valence-electron chi connectivity index (χ0n) is 13.3. The third kappa shape index (κ3) is 5.26. The number of carbonyl (C=O) groups is 2. The molecule has 0 aliphatic carbocycles. The molecule has 1 aromatic rings. The number of ether oxygens (including phenoxy) is 1. The van der Waals surface area contributed by atoms with Crippen LogP contribution in [-0.2, 0) is 9.59 Å². The third-order valence-corrected chi connectivity index (χ3v) is 4.63. The Balaban J connectivity index is 2.65. The zero-order valence-corrected chi connectivity index (χ0v) is 14.1. The van der Waals surface area contributed by atoms with Crippen molar-refractivity contribution in [3.8, 4) is 5.75 Å². The minimum Gasteiger partial charge on any atom is -0.497 e. The number of hydrogen-bond donors (Lipinski definition) is 2. The van der Waals surface area contributed by atoms with Crippen LogP contribution in [0, 0.1) is 5.92 Å². The Morgan fingerprint density at radius 2 is 1.86 bits per heavy atom. The summed E-state index contributed by atoms with van der Waals surface area (Å²) in [6.07, 6.45) is 0.692. The molecule has 1 amide bonds. The van der Waals surface area contributed by atoms with E-state index in [4.69, 9.17) is 4.74 Å². The SMILES string of the molecule is CCC(C)C(NC(=O)C(C)Sc1ccc(OC)cc1)C(=O)O. The number of carboxylic acids is 1. The summed E-state index contributed by atoms with van der Waals surface area (Å²) < 4.78 is 5.09. The van der Waals surface area contributed by atoms with Crippen molar-refractivity contribution in [2.24, 2.45) is 5.92 Å². The number of amides is 1. The molecule has 0 aliphatic heterocycles. The second kappa shape index (κ2) is 8.68. The molecular formula is C16H23NO4S. The van der Waals surface area contributed by atoms with E-state index in [2.05, 4.69) is 5.32 Å². The molecule has 3 atom stereocenters. The average molecular weight is 325 g/mol. The monoisotopic (exact) mass is 325 g/mol. The van der Waals surface area contributed by atoms with Gasteiger partial charge < -0.3 is 15.2 Å². The maximum absolute atomic E-state index is 12.2. The number of aliphatic carboxylic acids is 1. The minimum absolute atomic E-state index is 0.111. The molecule has 0 bridgehead atoms. The predicted molar refractivity (Wildman–Crippen MR) is 87.3 cm³/mol. The average Bonchev–Trinajstić information content (AvgIpc) is 2.51. The number of benzene rings is 1. The Labute approximate surface area is 135 Å². The summed E-state index contributed by atoms with van der Waals surface area (Å²) in [5.74, 6) is -0.623. The van der Waals surface area contributed by atoms with Gasteiger partial charge in [0.1, 0.15) is 11.8 Å². The smallest absolute Gasteiger partial charge is 0.326 e. The van der Waals surface area contributed by atoms with Crippen molar-refractivity contribution in [2.45, 2.75) is 43.4 Å². The van der Waals surface area contributed by atoms with Gasteiger partial charge >= 0.3 is 5.97 Å². The van der Waals surface area contributed by atoms with Crippen molar-refractivity contribution in [3.63, 3.8) is 0 Å². The lowest BCUT2D eigenvalue weighted by molar-refractivity contribution is -0.143. The highest BCUT2D eigenvalue weighted by Crippen LogP contribution is 2.25. The largest absolute Gasteiger partial charge is 0.497 e. The second-order valence-electron chi connectivity index (χ2n) is 5.15. The van der Waals surface area contributed by atoms with Crippen molar-refractivity contribution < 1.29 is 19.4 Å². The van der Waals surface area contributed by atoms with Gasteiger partial charge in [-0.25, -0.2) is 4.79 Å². The van der Waals surface area contributed by atoms with Crippen molar-refractivity contribution in [1.82, 2.24) is 5.32 Å². The summed E-state index contributed by atoms with van der Waals surface area (Å²) in [6, 6.07) is 6.54. The fourth-order valence-electron chi connectivity index (χ4n) is 1.87. The van der Waals surface area contributed by atoms with Crippen LogP contribution in [0.5, 0.6) is 5.75 Å². The van der Waals surface area contributed by atoms with Crippen LogP contribution in [0.3, 0.4) is 0 Å². The molecule has 1 aromatic carbocycles. The predicted octanol–water partition coefficient (Wildman–Crippen LogP) is 2.79. The number of nitrogens with one attached hydrogen (secondary N) is 1. The van der Waals surface area contributed by atoms with Gasteiger partial charge in [-0.2, -0.15) is 0 Å². The fraction of sp³-hybridized carbons (Fsp3) is 0.500. The van der Waals surface area contributed by atoms with Crippen molar-refractivity contribution in [2.75, 3.05) is 7.11 Å². The molecule has 0 aromatic heterocycles. The van der Waals surface area contributed by atoms with Crippen molar-refractivity contribution in [1.29, 1.82) is 0 Å². The van der Waals surface area contributed by atoms with E-state index in [-0.39, 0.29) is 17.1 Å². The molecule has 5 nitrogen and oxygen atoms in total. The lowest BCUT2D eigenvalue weighted by atomic mass is 9.99. The highest BCUT2D eigenvalue weighted by atomic mass is 32.2. The van der Waals surface area contributed by atoms with Crippen molar-refractivity contribution >= 4 is 23.6 Å². The van der Waals surface area contributed by atoms with E-state index in [0.29, 0.717) is 6.42 Å². The molecule has 0 radical (unpaired) electrons. The van der Waals surface area contributed by atoms with E-state index in [1.807, 2.05) is 38.1 Å². The van der Waals surface area contributed by atoms with Crippen molar-refractivity contribution in [3.05, 3.63) is 24.3 Å². The Hall–Kier alpha value is -1.69. The molecule has 3 unspecified atom stereocenters. The maximum atomic E-state index is 12.2. The van der Waals surface area contributed by atoms with Crippen LogP contribution in [0.2, 0.25) is 0 Å². The summed E-state index contributed by atoms with van der Waals surface area (Å²) in [5.41, 5.74) is 0. The van der Waals surface area contributed by atoms with Crippen LogP contribution in [-0.4, -0.2) is 35.4 Å². The van der Waals surface area contributed by atoms with E-state index < -0.39 is 12.0 Å². The number of carboxylic acid groups (broad SMARTS) is 1. The van der Waals surface area contributed by atoms with Gasteiger partial charge in [0.05, 0.1) is 12.4 Å². The number of carbonyl (C=O) groups excluding carboxylic acids is 1. The van der Waals surface area contributed by atoms with Gasteiger partial charge in [0.25, 0.3) is 0 Å².